The predicted molar refractivity (Wildman–Crippen MR) is 233 cm³/mol. The van der Waals surface area contributed by atoms with E-state index in [1.54, 1.807) is 11.3 Å². The number of rotatable bonds is 16. The van der Waals surface area contributed by atoms with Crippen LogP contribution in [0.1, 0.15) is 60.5 Å². The van der Waals surface area contributed by atoms with Gasteiger partial charge in [0.2, 0.25) is 0 Å². The fourth-order valence-corrected chi connectivity index (χ4v) is 9.20. The highest BCUT2D eigenvalue weighted by atomic mass is 32.1. The molecule has 0 aliphatic rings. The maximum Gasteiger partial charge on any atom is 0.143 e. The van der Waals surface area contributed by atoms with Crippen LogP contribution in [0.15, 0.2) is 175 Å². The standard InChI is InChI=1S/C51H50NO3S/c1-37(53)34-52(35-38(2)54,36-39-27-28-40-16-12-13-23-44(40)30-39)49(45-24-14-25-46(31-45)50-26-15-29-56-50)33-47(55)32-48(41-17-6-3-7-18-41)51(42-19-8-4-9-20-42)43-21-10-5-11-22-43/h3-31,37-38,49,53-54H,32-36H2,1-2H3/q+1. The molecule has 2 N–H and O–H groups in total. The lowest BCUT2D eigenvalue weighted by atomic mass is 9.85. The van der Waals surface area contributed by atoms with Crippen LogP contribution in [-0.2, 0) is 11.3 Å². The summed E-state index contributed by atoms with van der Waals surface area (Å²) in [7, 11) is 0. The number of quaternary nitrogens is 1. The van der Waals surface area contributed by atoms with E-state index < -0.39 is 12.2 Å². The molecule has 0 aliphatic carbocycles. The number of hydrogen-bond donors (Lipinski definition) is 2. The van der Waals surface area contributed by atoms with Crippen molar-refractivity contribution < 1.29 is 19.5 Å². The number of allylic oxidation sites excluding steroid dienone is 1. The summed E-state index contributed by atoms with van der Waals surface area (Å²) in [6.45, 7) is 4.89. The van der Waals surface area contributed by atoms with Crippen molar-refractivity contribution in [1.29, 1.82) is 0 Å². The molecule has 1 heterocycles. The lowest BCUT2D eigenvalue weighted by Gasteiger charge is -2.47. The van der Waals surface area contributed by atoms with Gasteiger partial charge in [-0.3, -0.25) is 4.79 Å². The summed E-state index contributed by atoms with van der Waals surface area (Å²) in [5.41, 5.74) is 8.31. The summed E-state index contributed by atoms with van der Waals surface area (Å²) < 4.78 is 0.307. The van der Waals surface area contributed by atoms with E-state index in [1.165, 1.54) is 0 Å². The molecule has 56 heavy (non-hydrogen) atoms. The molecule has 0 saturated heterocycles. The number of hydrogen-bond acceptors (Lipinski definition) is 4. The molecule has 7 aromatic rings. The molecule has 0 radical (unpaired) electrons. The van der Waals surface area contributed by atoms with Crippen LogP contribution in [0.5, 0.6) is 0 Å². The van der Waals surface area contributed by atoms with Gasteiger partial charge in [-0.05, 0) is 81.6 Å². The van der Waals surface area contributed by atoms with Crippen LogP contribution in [0, 0.1) is 0 Å². The second kappa shape index (κ2) is 18.0. The number of ketones is 1. The summed E-state index contributed by atoms with van der Waals surface area (Å²) in [5.74, 6) is 0.0944. The molecule has 3 atom stereocenters. The Kier molecular flexibility index (Phi) is 12.5. The average Bonchev–Trinajstić information content (AvgIpc) is 3.76. The molecule has 0 fully saturated rings. The van der Waals surface area contributed by atoms with E-state index in [2.05, 4.69) is 109 Å². The van der Waals surface area contributed by atoms with Gasteiger partial charge in [0.05, 0.1) is 6.42 Å². The first kappa shape index (κ1) is 38.8. The van der Waals surface area contributed by atoms with Gasteiger partial charge in [0, 0.05) is 22.4 Å². The minimum absolute atomic E-state index is 0.0944. The molecule has 0 aliphatic heterocycles. The molecule has 6 aromatic carbocycles. The number of aliphatic hydroxyl groups excluding tert-OH is 2. The molecule has 282 valence electrons. The molecular weight excluding hydrogens is 707 g/mol. The molecule has 0 spiro atoms. The quantitative estimate of drug-likeness (QED) is 0.0762. The van der Waals surface area contributed by atoms with E-state index in [-0.39, 0.29) is 24.7 Å². The number of Topliss-reactive ketones (excluding diaryl/α,β-unsaturated/α-hetero) is 1. The minimum Gasteiger partial charge on any atom is -0.388 e. The van der Waals surface area contributed by atoms with E-state index in [9.17, 15) is 10.2 Å². The van der Waals surface area contributed by atoms with Gasteiger partial charge in [-0.25, -0.2) is 0 Å². The predicted octanol–water partition coefficient (Wildman–Crippen LogP) is 11.4. The summed E-state index contributed by atoms with van der Waals surface area (Å²) >= 11 is 1.69. The lowest BCUT2D eigenvalue weighted by Crippen LogP contribution is -2.56. The Labute approximate surface area is 335 Å². The third-order valence-corrected chi connectivity index (χ3v) is 11.6. The van der Waals surface area contributed by atoms with Crippen molar-refractivity contribution in [2.24, 2.45) is 0 Å². The minimum atomic E-state index is -0.685. The van der Waals surface area contributed by atoms with Crippen molar-refractivity contribution in [3.63, 3.8) is 0 Å². The van der Waals surface area contributed by atoms with Crippen LogP contribution in [0.2, 0.25) is 0 Å². The second-order valence-corrected chi connectivity index (χ2v) is 16.1. The first-order chi connectivity index (χ1) is 27.3. The highest BCUT2D eigenvalue weighted by Crippen LogP contribution is 2.41. The molecule has 7 rings (SSSR count). The SMILES string of the molecule is CC(O)C[N+](Cc1ccc2ccccc2c1)(CC(C)O)C(CC(=O)CC(=C(c1ccccc1)c1ccccc1)c1ccccc1)c1cccc(-c2cccs2)c1. The van der Waals surface area contributed by atoms with Gasteiger partial charge in [0.15, 0.2) is 0 Å². The number of benzene rings is 6. The van der Waals surface area contributed by atoms with Gasteiger partial charge in [-0.1, -0.05) is 152 Å². The summed E-state index contributed by atoms with van der Waals surface area (Å²) in [4.78, 5) is 16.3. The normalized spacial score (nSPS) is 14.1. The van der Waals surface area contributed by atoms with Crippen LogP contribution in [-0.4, -0.2) is 45.8 Å². The zero-order chi connectivity index (χ0) is 38.9. The highest BCUT2D eigenvalue weighted by Gasteiger charge is 2.42. The van der Waals surface area contributed by atoms with E-state index in [0.717, 1.165) is 60.2 Å². The summed E-state index contributed by atoms with van der Waals surface area (Å²) in [5, 5.41) is 27.0. The van der Waals surface area contributed by atoms with E-state index in [0.29, 0.717) is 24.1 Å². The van der Waals surface area contributed by atoms with Crippen molar-refractivity contribution in [2.45, 2.75) is 51.5 Å². The third-order valence-electron chi connectivity index (χ3n) is 10.6. The first-order valence-corrected chi connectivity index (χ1v) is 20.4. The van der Waals surface area contributed by atoms with Gasteiger partial charge in [-0.2, -0.15) is 0 Å². The van der Waals surface area contributed by atoms with Crippen LogP contribution >= 0.6 is 11.3 Å². The molecule has 0 saturated carbocycles. The zero-order valence-electron chi connectivity index (χ0n) is 32.2. The van der Waals surface area contributed by atoms with E-state index in [1.807, 2.05) is 80.6 Å². The van der Waals surface area contributed by atoms with Crippen molar-refractivity contribution >= 4 is 39.0 Å². The molecule has 1 aromatic heterocycles. The summed E-state index contributed by atoms with van der Waals surface area (Å²) in [6, 6.07) is 58.2. The van der Waals surface area contributed by atoms with Crippen LogP contribution in [0.25, 0.3) is 32.4 Å². The smallest absolute Gasteiger partial charge is 0.143 e. The first-order valence-electron chi connectivity index (χ1n) is 19.5. The molecule has 3 unspecified atom stereocenters. The topological polar surface area (TPSA) is 57.5 Å². The Morgan fingerprint density at radius 1 is 0.607 bits per heavy atom. The van der Waals surface area contributed by atoms with Gasteiger partial charge in [0.1, 0.15) is 43.7 Å². The van der Waals surface area contributed by atoms with Gasteiger partial charge in [0.25, 0.3) is 0 Å². The van der Waals surface area contributed by atoms with Crippen LogP contribution in [0.4, 0.5) is 0 Å². The Balaban J connectivity index is 1.39. The third kappa shape index (κ3) is 9.32. The van der Waals surface area contributed by atoms with E-state index in [4.69, 9.17) is 0 Å². The Hall–Kier alpha value is -5.43. The van der Waals surface area contributed by atoms with Gasteiger partial charge in [-0.15, -0.1) is 11.3 Å². The van der Waals surface area contributed by atoms with Gasteiger partial charge < -0.3 is 14.7 Å². The molecular formula is C51H50NO3S+. The van der Waals surface area contributed by atoms with Crippen molar-refractivity contribution in [2.75, 3.05) is 13.1 Å². The number of nitrogens with zero attached hydrogens (tertiary/aromatic N) is 1. The monoisotopic (exact) mass is 756 g/mol. The van der Waals surface area contributed by atoms with Crippen LogP contribution < -0.4 is 0 Å². The van der Waals surface area contributed by atoms with Crippen molar-refractivity contribution in [3.05, 3.63) is 203 Å². The number of carbonyl (C=O) groups is 1. The number of aliphatic hydroxyl groups is 2. The molecule has 0 amide bonds. The molecule has 4 nitrogen and oxygen atoms in total. The van der Waals surface area contributed by atoms with Crippen molar-refractivity contribution in [1.82, 2.24) is 0 Å². The summed E-state index contributed by atoms with van der Waals surface area (Å²) in [6.07, 6.45) is -0.942. The maximum atomic E-state index is 15.2. The van der Waals surface area contributed by atoms with Crippen LogP contribution in [0.3, 0.4) is 0 Å². The Bertz CT molecular complexity index is 2320. The molecule has 0 bridgehead atoms. The van der Waals surface area contributed by atoms with Gasteiger partial charge >= 0.3 is 0 Å². The second-order valence-electron chi connectivity index (χ2n) is 15.1. The fourth-order valence-electron chi connectivity index (χ4n) is 8.48. The average molecular weight is 757 g/mol. The molecule has 5 heteroatoms. The zero-order valence-corrected chi connectivity index (χ0v) is 33.0. The van der Waals surface area contributed by atoms with E-state index >= 15 is 4.79 Å². The largest absolute Gasteiger partial charge is 0.388 e. The lowest BCUT2D eigenvalue weighted by molar-refractivity contribution is -0.973. The Morgan fingerprint density at radius 2 is 1.20 bits per heavy atom. The number of thiophene rings is 1. The maximum absolute atomic E-state index is 15.2. The highest BCUT2D eigenvalue weighted by molar-refractivity contribution is 7.13. The fraction of sp³-hybridized carbons (Fsp3) is 0.196. The number of carbonyl (C=O) groups excluding carboxylic acids is 1. The number of fused-ring (bicyclic) bond motifs is 1. The van der Waals surface area contributed by atoms with Crippen molar-refractivity contribution in [3.8, 4) is 10.4 Å². The Morgan fingerprint density at radius 3 is 1.79 bits per heavy atom.